The number of nitriles is 1. The highest BCUT2D eigenvalue weighted by atomic mass is 32.1. The quantitative estimate of drug-likeness (QED) is 0.359. The molecule has 0 spiro atoms. The van der Waals surface area contributed by atoms with Crippen molar-refractivity contribution >= 4 is 57.8 Å². The van der Waals surface area contributed by atoms with E-state index in [0.717, 1.165) is 29.6 Å². The van der Waals surface area contributed by atoms with Crippen molar-refractivity contribution in [2.75, 3.05) is 23.3 Å². The summed E-state index contributed by atoms with van der Waals surface area (Å²) in [6.07, 6.45) is 0.558. The Morgan fingerprint density at radius 1 is 1.16 bits per heavy atom. The van der Waals surface area contributed by atoms with Gasteiger partial charge in [-0.15, -0.1) is 10.2 Å². The van der Waals surface area contributed by atoms with Crippen LogP contribution in [-0.4, -0.2) is 66.6 Å². The van der Waals surface area contributed by atoms with Crippen LogP contribution in [0.25, 0.3) is 0 Å². The molecule has 4 N–H and O–H groups in total. The zero-order chi connectivity index (χ0) is 23.8. The minimum absolute atomic E-state index is 0.00165. The molecule has 0 unspecified atom stereocenters. The maximum Gasteiger partial charge on any atom is 0.323 e. The first-order valence-electron chi connectivity index (χ1n) is 8.46. The molecule has 0 bridgehead atoms. The maximum absolute atomic E-state index is 11.5. The number of azo groups is 1. The molecule has 0 radical (unpaired) electrons. The van der Waals surface area contributed by atoms with Crippen LogP contribution in [0, 0.1) is 11.3 Å². The Kier molecular flexibility index (Phi) is 7.79. The Bertz CT molecular complexity index is 1120. The smallest absolute Gasteiger partial charge is 0.323 e. The molecule has 2 aromatic rings. The Morgan fingerprint density at radius 3 is 2.34 bits per heavy atom. The number of anilines is 2. The lowest BCUT2D eigenvalue weighted by Crippen LogP contribution is -2.35. The number of hydrogen-bond acceptors (Lipinski definition) is 12. The van der Waals surface area contributed by atoms with Gasteiger partial charge in [0, 0.05) is 6.92 Å². The second-order valence-corrected chi connectivity index (χ2v) is 6.67. The summed E-state index contributed by atoms with van der Waals surface area (Å²) in [7, 11) is 0. The van der Waals surface area contributed by atoms with Crippen LogP contribution in [-0.2, 0) is 25.6 Å². The molecule has 2 rings (SSSR count). The molecule has 0 atom stereocenters. The number of nitrogens with one attached hydrogen (secondary N) is 1. The molecule has 0 fully saturated rings. The Labute approximate surface area is 182 Å². The zero-order valence-electron chi connectivity index (χ0n) is 16.2. The number of rotatable bonds is 10. The predicted molar refractivity (Wildman–Crippen MR) is 106 cm³/mol. The fourth-order valence-corrected chi connectivity index (χ4v) is 2.93. The van der Waals surface area contributed by atoms with Crippen LogP contribution in [0.5, 0.6) is 0 Å². The van der Waals surface area contributed by atoms with E-state index in [1.807, 2.05) is 0 Å². The molecule has 32 heavy (non-hydrogen) atoms. The van der Waals surface area contributed by atoms with Gasteiger partial charge in [0.2, 0.25) is 11.7 Å². The molecule has 2 heterocycles. The lowest BCUT2D eigenvalue weighted by Gasteiger charge is -2.19. The summed E-state index contributed by atoms with van der Waals surface area (Å²) >= 11 is 0.733. The van der Waals surface area contributed by atoms with Crippen molar-refractivity contribution in [3.8, 4) is 6.07 Å². The number of hydrogen-bond donors (Lipinski definition) is 4. The SMILES string of the molecule is CC(=O)Nc1nc(N(CC(=O)O)CC(=O)O)cnc1N=Nc1snc(CC(=O)O)c1C#N. The van der Waals surface area contributed by atoms with Crippen LogP contribution < -0.4 is 10.2 Å². The summed E-state index contributed by atoms with van der Waals surface area (Å²) < 4.78 is 3.86. The van der Waals surface area contributed by atoms with Gasteiger partial charge in [0.1, 0.15) is 24.7 Å². The molecule has 0 saturated heterocycles. The van der Waals surface area contributed by atoms with Crippen molar-refractivity contribution in [3.05, 3.63) is 17.5 Å². The first-order chi connectivity index (χ1) is 15.1. The molecule has 16 heteroatoms. The number of aliphatic carboxylic acids is 3. The van der Waals surface area contributed by atoms with E-state index < -0.39 is 43.3 Å². The van der Waals surface area contributed by atoms with Crippen LogP contribution in [0.2, 0.25) is 0 Å². The summed E-state index contributed by atoms with van der Waals surface area (Å²) in [6.45, 7) is -0.225. The van der Waals surface area contributed by atoms with Gasteiger partial charge < -0.3 is 25.5 Å². The second kappa shape index (κ2) is 10.5. The van der Waals surface area contributed by atoms with Gasteiger partial charge in [0.15, 0.2) is 16.6 Å². The van der Waals surface area contributed by atoms with Gasteiger partial charge in [0.25, 0.3) is 0 Å². The van der Waals surface area contributed by atoms with E-state index >= 15 is 0 Å². The molecule has 0 aliphatic carbocycles. The normalized spacial score (nSPS) is 10.5. The highest BCUT2D eigenvalue weighted by Gasteiger charge is 2.20. The van der Waals surface area contributed by atoms with Gasteiger partial charge in [0.05, 0.1) is 18.3 Å². The third kappa shape index (κ3) is 6.50. The minimum atomic E-state index is -1.32. The number of aromatic nitrogens is 3. The Morgan fingerprint density at radius 2 is 1.81 bits per heavy atom. The molecule has 15 nitrogen and oxygen atoms in total. The highest BCUT2D eigenvalue weighted by Crippen LogP contribution is 2.31. The van der Waals surface area contributed by atoms with Crippen molar-refractivity contribution in [2.45, 2.75) is 13.3 Å². The summed E-state index contributed by atoms with van der Waals surface area (Å²) in [5.74, 6) is -5.02. The fourth-order valence-electron chi connectivity index (χ4n) is 2.24. The van der Waals surface area contributed by atoms with E-state index in [2.05, 4.69) is 29.9 Å². The molecule has 1 amide bonds. The van der Waals surface area contributed by atoms with Crippen LogP contribution in [0.15, 0.2) is 16.4 Å². The van der Waals surface area contributed by atoms with Crippen molar-refractivity contribution < 1.29 is 34.5 Å². The Hall–Kier alpha value is -4.52. The number of carbonyl (C=O) groups excluding carboxylic acids is 1. The molecular formula is C16H14N8O7S. The number of nitrogens with zero attached hydrogens (tertiary/aromatic N) is 7. The molecule has 166 valence electrons. The van der Waals surface area contributed by atoms with Crippen molar-refractivity contribution in [1.82, 2.24) is 14.3 Å². The third-order valence-corrected chi connectivity index (χ3v) is 4.19. The van der Waals surface area contributed by atoms with Crippen LogP contribution in [0.1, 0.15) is 18.2 Å². The Balaban J connectivity index is 2.43. The standard InChI is InChI=1S/C16H14N8O7S/c1-7(25)19-15-14(18-4-10(20-15)24(5-12(28)29)6-13(30)31)21-22-16-8(3-17)9(23-32-16)2-11(26)27/h4H,2,5-6H2,1H3,(H,26,27)(H,28,29)(H,30,31)(H,19,20,25). The average molecular weight is 462 g/mol. The van der Waals surface area contributed by atoms with Crippen LogP contribution in [0.4, 0.5) is 22.5 Å². The third-order valence-electron chi connectivity index (χ3n) is 3.42. The highest BCUT2D eigenvalue weighted by molar-refractivity contribution is 7.10. The average Bonchev–Trinajstić information content (AvgIpc) is 3.06. The van der Waals surface area contributed by atoms with E-state index in [9.17, 15) is 24.4 Å². The van der Waals surface area contributed by atoms with Crippen LogP contribution >= 0.6 is 11.5 Å². The minimum Gasteiger partial charge on any atom is -0.481 e. The summed E-state index contributed by atoms with van der Waals surface area (Å²) in [4.78, 5) is 53.3. The van der Waals surface area contributed by atoms with E-state index in [0.29, 0.717) is 0 Å². The maximum atomic E-state index is 11.5. The lowest BCUT2D eigenvalue weighted by molar-refractivity contribution is -0.137. The summed E-state index contributed by atoms with van der Waals surface area (Å²) in [6, 6.07) is 1.80. The topological polar surface area (TPSA) is 231 Å². The zero-order valence-corrected chi connectivity index (χ0v) is 17.0. The van der Waals surface area contributed by atoms with E-state index in [1.165, 1.54) is 0 Å². The van der Waals surface area contributed by atoms with E-state index in [1.54, 1.807) is 6.07 Å². The number of amides is 1. The molecule has 0 saturated carbocycles. The summed E-state index contributed by atoms with van der Waals surface area (Å²) in [5.41, 5.74) is -0.0682. The molecule has 0 aliphatic heterocycles. The van der Waals surface area contributed by atoms with Gasteiger partial charge in [-0.05, 0) is 11.5 Å². The first kappa shape index (κ1) is 23.8. The first-order valence-corrected chi connectivity index (χ1v) is 9.23. The predicted octanol–water partition coefficient (Wildman–Crippen LogP) is 0.781. The van der Waals surface area contributed by atoms with Crippen molar-refractivity contribution in [2.24, 2.45) is 10.2 Å². The molecular weight excluding hydrogens is 448 g/mol. The van der Waals surface area contributed by atoms with E-state index in [4.69, 9.17) is 15.3 Å². The lowest BCUT2D eigenvalue weighted by atomic mass is 10.2. The van der Waals surface area contributed by atoms with Gasteiger partial charge in [-0.2, -0.15) is 9.64 Å². The van der Waals surface area contributed by atoms with Crippen LogP contribution in [0.3, 0.4) is 0 Å². The summed E-state index contributed by atoms with van der Waals surface area (Å²) in [5, 5.41) is 46.1. The number of carboxylic acids is 3. The largest absolute Gasteiger partial charge is 0.481 e. The van der Waals surface area contributed by atoms with Gasteiger partial charge in [-0.1, -0.05) is 0 Å². The van der Waals surface area contributed by atoms with Gasteiger partial charge >= 0.3 is 17.9 Å². The number of carbonyl (C=O) groups is 4. The molecule has 2 aromatic heterocycles. The fraction of sp³-hybridized carbons (Fsp3) is 0.250. The monoisotopic (exact) mass is 462 g/mol. The van der Waals surface area contributed by atoms with Gasteiger partial charge in [-0.25, -0.2) is 9.97 Å². The second-order valence-electron chi connectivity index (χ2n) is 5.92. The van der Waals surface area contributed by atoms with E-state index in [-0.39, 0.29) is 33.7 Å². The molecule has 0 aliphatic rings. The van der Waals surface area contributed by atoms with Gasteiger partial charge in [-0.3, -0.25) is 19.2 Å². The molecule has 0 aromatic carbocycles. The van der Waals surface area contributed by atoms with Crippen molar-refractivity contribution in [3.63, 3.8) is 0 Å². The number of carboxylic acid groups (broad SMARTS) is 3. The van der Waals surface area contributed by atoms with Crippen molar-refractivity contribution in [1.29, 1.82) is 5.26 Å².